The van der Waals surface area contributed by atoms with Gasteiger partial charge in [-0.3, -0.25) is 0 Å². The standard InChI is InChI=1S/C15H19N3O/c1-2-18-10-17-8-11(18)9-19-15-5-3-4-12-13(15)6-7-14(12)16/h3-5,8,10,14H,2,6-7,9,16H2,1H3. The summed E-state index contributed by atoms with van der Waals surface area (Å²) in [5, 5.41) is 0. The third kappa shape index (κ3) is 2.24. The molecule has 1 aliphatic carbocycles. The number of hydrogen-bond donors (Lipinski definition) is 1. The number of hydrogen-bond acceptors (Lipinski definition) is 3. The van der Waals surface area contributed by atoms with E-state index in [0.717, 1.165) is 30.8 Å². The average Bonchev–Trinajstić information content (AvgIpc) is 3.03. The summed E-state index contributed by atoms with van der Waals surface area (Å²) in [6, 6.07) is 6.33. The van der Waals surface area contributed by atoms with Gasteiger partial charge in [0.05, 0.1) is 18.2 Å². The predicted molar refractivity (Wildman–Crippen MR) is 73.9 cm³/mol. The van der Waals surface area contributed by atoms with Crippen molar-refractivity contribution >= 4 is 0 Å². The van der Waals surface area contributed by atoms with E-state index >= 15 is 0 Å². The quantitative estimate of drug-likeness (QED) is 0.915. The van der Waals surface area contributed by atoms with E-state index in [-0.39, 0.29) is 6.04 Å². The molecule has 2 aromatic rings. The highest BCUT2D eigenvalue weighted by molar-refractivity contribution is 5.44. The van der Waals surface area contributed by atoms with Crippen molar-refractivity contribution in [2.24, 2.45) is 5.73 Å². The smallest absolute Gasteiger partial charge is 0.130 e. The summed E-state index contributed by atoms with van der Waals surface area (Å²) in [4.78, 5) is 4.15. The highest BCUT2D eigenvalue weighted by Crippen LogP contribution is 2.35. The van der Waals surface area contributed by atoms with Gasteiger partial charge in [0.1, 0.15) is 12.4 Å². The van der Waals surface area contributed by atoms with Crippen LogP contribution in [0.4, 0.5) is 0 Å². The van der Waals surface area contributed by atoms with Gasteiger partial charge in [-0.2, -0.15) is 0 Å². The Labute approximate surface area is 113 Å². The Balaban J connectivity index is 1.78. The fourth-order valence-electron chi connectivity index (χ4n) is 2.69. The van der Waals surface area contributed by atoms with E-state index in [9.17, 15) is 0 Å². The molecule has 0 amide bonds. The fourth-order valence-corrected chi connectivity index (χ4v) is 2.69. The van der Waals surface area contributed by atoms with Gasteiger partial charge in [-0.05, 0) is 37.0 Å². The van der Waals surface area contributed by atoms with Crippen LogP contribution in [0.2, 0.25) is 0 Å². The number of aromatic nitrogens is 2. The number of benzene rings is 1. The number of ether oxygens (including phenoxy) is 1. The third-order valence-electron chi connectivity index (χ3n) is 3.79. The Bertz CT molecular complexity index is 577. The van der Waals surface area contributed by atoms with Crippen molar-refractivity contribution in [2.45, 2.75) is 39.0 Å². The number of nitrogens with two attached hydrogens (primary N) is 1. The van der Waals surface area contributed by atoms with Gasteiger partial charge in [0.2, 0.25) is 0 Å². The Morgan fingerprint density at radius 2 is 2.37 bits per heavy atom. The summed E-state index contributed by atoms with van der Waals surface area (Å²) in [6.45, 7) is 3.57. The fraction of sp³-hybridized carbons (Fsp3) is 0.400. The molecule has 0 saturated heterocycles. The maximum absolute atomic E-state index is 6.08. The summed E-state index contributed by atoms with van der Waals surface area (Å²) < 4.78 is 8.06. The van der Waals surface area contributed by atoms with E-state index in [1.807, 2.05) is 24.7 Å². The van der Waals surface area contributed by atoms with Crippen LogP contribution >= 0.6 is 0 Å². The van der Waals surface area contributed by atoms with E-state index in [2.05, 4.69) is 22.5 Å². The van der Waals surface area contributed by atoms with Gasteiger partial charge >= 0.3 is 0 Å². The minimum absolute atomic E-state index is 0.166. The van der Waals surface area contributed by atoms with Crippen LogP contribution in [-0.2, 0) is 19.6 Å². The molecule has 1 atom stereocenters. The van der Waals surface area contributed by atoms with Crippen LogP contribution in [0.1, 0.15) is 36.2 Å². The second-order valence-electron chi connectivity index (χ2n) is 4.93. The van der Waals surface area contributed by atoms with E-state index in [1.54, 1.807) is 0 Å². The van der Waals surface area contributed by atoms with Gasteiger partial charge in [0.25, 0.3) is 0 Å². The van der Waals surface area contributed by atoms with Crippen molar-refractivity contribution < 1.29 is 4.74 Å². The van der Waals surface area contributed by atoms with Gasteiger partial charge in [-0.1, -0.05) is 12.1 Å². The minimum atomic E-state index is 0.166. The van der Waals surface area contributed by atoms with Crippen LogP contribution in [0.15, 0.2) is 30.7 Å². The minimum Gasteiger partial charge on any atom is -0.487 e. The predicted octanol–water partition coefficient (Wildman–Crippen LogP) is 2.43. The summed E-state index contributed by atoms with van der Waals surface area (Å²) in [5.41, 5.74) is 9.69. The van der Waals surface area contributed by atoms with Gasteiger partial charge < -0.3 is 15.0 Å². The van der Waals surface area contributed by atoms with Crippen molar-refractivity contribution in [1.82, 2.24) is 9.55 Å². The first-order valence-electron chi connectivity index (χ1n) is 6.78. The van der Waals surface area contributed by atoms with Gasteiger partial charge in [-0.15, -0.1) is 0 Å². The Morgan fingerprint density at radius 3 is 3.21 bits per heavy atom. The zero-order chi connectivity index (χ0) is 13.2. The molecule has 1 heterocycles. The molecule has 1 aromatic carbocycles. The van der Waals surface area contributed by atoms with Crippen molar-refractivity contribution in [2.75, 3.05) is 0 Å². The van der Waals surface area contributed by atoms with Gasteiger partial charge in [-0.25, -0.2) is 4.98 Å². The highest BCUT2D eigenvalue weighted by atomic mass is 16.5. The van der Waals surface area contributed by atoms with Crippen LogP contribution in [-0.4, -0.2) is 9.55 Å². The topological polar surface area (TPSA) is 53.1 Å². The summed E-state index contributed by atoms with van der Waals surface area (Å²) in [5.74, 6) is 0.967. The summed E-state index contributed by atoms with van der Waals surface area (Å²) >= 11 is 0. The molecule has 4 heteroatoms. The van der Waals surface area contributed by atoms with Crippen LogP contribution < -0.4 is 10.5 Å². The van der Waals surface area contributed by atoms with Crippen molar-refractivity contribution in [3.63, 3.8) is 0 Å². The Hall–Kier alpha value is -1.81. The lowest BCUT2D eigenvalue weighted by Gasteiger charge is -2.12. The second-order valence-corrected chi connectivity index (χ2v) is 4.93. The van der Waals surface area contributed by atoms with Gasteiger partial charge in [0.15, 0.2) is 0 Å². The number of aryl methyl sites for hydroxylation is 1. The third-order valence-corrected chi connectivity index (χ3v) is 3.79. The molecule has 0 fully saturated rings. The molecule has 0 saturated carbocycles. The molecular weight excluding hydrogens is 238 g/mol. The summed E-state index contributed by atoms with van der Waals surface area (Å²) in [7, 11) is 0. The Kier molecular flexibility index (Phi) is 3.25. The molecule has 0 radical (unpaired) electrons. The molecule has 1 aliphatic rings. The summed E-state index contributed by atoms with van der Waals surface area (Å²) in [6.07, 6.45) is 5.73. The van der Waals surface area contributed by atoms with Crippen LogP contribution in [0, 0.1) is 0 Å². The SMILES string of the molecule is CCn1cncc1COc1cccc2c1CCC2N. The van der Waals surface area contributed by atoms with Crippen molar-refractivity contribution in [3.05, 3.63) is 47.5 Å². The number of fused-ring (bicyclic) bond motifs is 1. The first-order chi connectivity index (χ1) is 9.29. The molecule has 3 rings (SSSR count). The van der Waals surface area contributed by atoms with E-state index in [1.165, 1.54) is 11.1 Å². The molecule has 2 N–H and O–H groups in total. The lowest BCUT2D eigenvalue weighted by molar-refractivity contribution is 0.292. The zero-order valence-electron chi connectivity index (χ0n) is 11.2. The largest absolute Gasteiger partial charge is 0.487 e. The first kappa shape index (κ1) is 12.2. The molecule has 4 nitrogen and oxygen atoms in total. The normalized spacial score (nSPS) is 17.5. The molecule has 100 valence electrons. The maximum atomic E-state index is 6.08. The number of rotatable bonds is 4. The highest BCUT2D eigenvalue weighted by Gasteiger charge is 2.22. The molecule has 0 spiro atoms. The number of imidazole rings is 1. The Morgan fingerprint density at radius 1 is 1.47 bits per heavy atom. The lowest BCUT2D eigenvalue weighted by Crippen LogP contribution is -2.06. The van der Waals surface area contributed by atoms with E-state index < -0.39 is 0 Å². The molecule has 0 aliphatic heterocycles. The van der Waals surface area contributed by atoms with Gasteiger partial charge in [0, 0.05) is 12.6 Å². The monoisotopic (exact) mass is 257 g/mol. The lowest BCUT2D eigenvalue weighted by atomic mass is 10.1. The van der Waals surface area contributed by atoms with Crippen LogP contribution in [0.5, 0.6) is 5.75 Å². The number of nitrogens with zero attached hydrogens (tertiary/aromatic N) is 2. The van der Waals surface area contributed by atoms with Crippen LogP contribution in [0.3, 0.4) is 0 Å². The maximum Gasteiger partial charge on any atom is 0.130 e. The molecule has 1 aromatic heterocycles. The van der Waals surface area contributed by atoms with E-state index in [4.69, 9.17) is 10.5 Å². The molecule has 1 unspecified atom stereocenters. The first-order valence-corrected chi connectivity index (χ1v) is 6.78. The molecule has 19 heavy (non-hydrogen) atoms. The molecular formula is C15H19N3O. The zero-order valence-corrected chi connectivity index (χ0v) is 11.2. The van der Waals surface area contributed by atoms with Crippen molar-refractivity contribution in [1.29, 1.82) is 0 Å². The average molecular weight is 257 g/mol. The van der Waals surface area contributed by atoms with E-state index in [0.29, 0.717) is 6.61 Å². The molecule has 0 bridgehead atoms. The second kappa shape index (κ2) is 5.05. The van der Waals surface area contributed by atoms with Crippen LogP contribution in [0.25, 0.3) is 0 Å². The van der Waals surface area contributed by atoms with Crippen molar-refractivity contribution in [3.8, 4) is 5.75 Å².